The maximum atomic E-state index is 12.5. The van der Waals surface area contributed by atoms with Crippen LogP contribution in [0.2, 0.25) is 0 Å². The van der Waals surface area contributed by atoms with E-state index in [0.717, 1.165) is 30.6 Å². The van der Waals surface area contributed by atoms with Crippen molar-refractivity contribution in [2.45, 2.75) is 46.5 Å². The minimum absolute atomic E-state index is 0.0642. The highest BCUT2D eigenvalue weighted by Crippen LogP contribution is 2.22. The third-order valence-electron chi connectivity index (χ3n) is 4.22. The van der Waals surface area contributed by atoms with Gasteiger partial charge in [-0.05, 0) is 55.3 Å². The lowest BCUT2D eigenvalue weighted by atomic mass is 10.1. The Labute approximate surface area is 161 Å². The minimum Gasteiger partial charge on any atom is -0.494 e. The molecule has 0 radical (unpaired) electrons. The quantitative estimate of drug-likeness (QED) is 0.600. The Bertz CT molecular complexity index is 770. The lowest BCUT2D eigenvalue weighted by Crippen LogP contribution is -2.14. The SMILES string of the molecule is CCCCCOc1ccc(C(=O)Nc2cc(NC(=O)CC)ccc2C)cc1. The largest absolute Gasteiger partial charge is 0.494 e. The Hall–Kier alpha value is -2.82. The number of hydrogen-bond donors (Lipinski definition) is 2. The summed E-state index contributed by atoms with van der Waals surface area (Å²) in [6.45, 7) is 6.55. The molecule has 0 unspecified atom stereocenters. The van der Waals surface area contributed by atoms with Gasteiger partial charge in [0.05, 0.1) is 6.61 Å². The molecule has 2 aromatic rings. The Morgan fingerprint density at radius 1 is 0.963 bits per heavy atom. The van der Waals surface area contributed by atoms with Gasteiger partial charge in [-0.1, -0.05) is 32.8 Å². The summed E-state index contributed by atoms with van der Waals surface area (Å²) >= 11 is 0. The van der Waals surface area contributed by atoms with Crippen LogP contribution in [0.3, 0.4) is 0 Å². The molecule has 0 saturated carbocycles. The Morgan fingerprint density at radius 2 is 1.70 bits per heavy atom. The molecule has 0 bridgehead atoms. The van der Waals surface area contributed by atoms with Gasteiger partial charge < -0.3 is 15.4 Å². The monoisotopic (exact) mass is 368 g/mol. The van der Waals surface area contributed by atoms with E-state index in [0.29, 0.717) is 30.0 Å². The maximum absolute atomic E-state index is 12.5. The van der Waals surface area contributed by atoms with Gasteiger partial charge in [0.2, 0.25) is 5.91 Å². The molecule has 0 atom stereocenters. The molecule has 27 heavy (non-hydrogen) atoms. The highest BCUT2D eigenvalue weighted by Gasteiger charge is 2.09. The third-order valence-corrected chi connectivity index (χ3v) is 4.22. The van der Waals surface area contributed by atoms with Crippen LogP contribution in [0, 0.1) is 6.92 Å². The van der Waals surface area contributed by atoms with E-state index in [2.05, 4.69) is 17.6 Å². The highest BCUT2D eigenvalue weighted by molar-refractivity contribution is 6.05. The summed E-state index contributed by atoms with van der Waals surface area (Å²) in [7, 11) is 0. The van der Waals surface area contributed by atoms with Gasteiger partial charge in [-0.25, -0.2) is 0 Å². The van der Waals surface area contributed by atoms with E-state index >= 15 is 0 Å². The van der Waals surface area contributed by atoms with Crippen LogP contribution in [0.1, 0.15) is 55.5 Å². The van der Waals surface area contributed by atoms with Crippen molar-refractivity contribution in [1.29, 1.82) is 0 Å². The molecule has 2 amide bonds. The molecule has 5 heteroatoms. The fraction of sp³-hybridized carbons (Fsp3) is 0.364. The summed E-state index contributed by atoms with van der Waals surface area (Å²) in [5, 5.41) is 5.71. The Kier molecular flexibility index (Phi) is 7.86. The number of ether oxygens (including phenoxy) is 1. The Morgan fingerprint density at radius 3 is 2.37 bits per heavy atom. The summed E-state index contributed by atoms with van der Waals surface area (Å²) in [4.78, 5) is 24.1. The van der Waals surface area contributed by atoms with E-state index < -0.39 is 0 Å². The predicted molar refractivity (Wildman–Crippen MR) is 110 cm³/mol. The van der Waals surface area contributed by atoms with Crippen molar-refractivity contribution in [2.24, 2.45) is 0 Å². The molecule has 0 aliphatic rings. The third kappa shape index (κ3) is 6.44. The van der Waals surface area contributed by atoms with E-state index in [1.165, 1.54) is 0 Å². The van der Waals surface area contributed by atoms with Crippen LogP contribution in [0.5, 0.6) is 5.75 Å². The molecule has 0 aromatic heterocycles. The van der Waals surface area contributed by atoms with Crippen molar-refractivity contribution >= 4 is 23.2 Å². The lowest BCUT2D eigenvalue weighted by molar-refractivity contribution is -0.115. The first-order chi connectivity index (χ1) is 13.0. The first-order valence-electron chi connectivity index (χ1n) is 9.48. The van der Waals surface area contributed by atoms with Crippen LogP contribution in [0.15, 0.2) is 42.5 Å². The zero-order valence-corrected chi connectivity index (χ0v) is 16.3. The van der Waals surface area contributed by atoms with E-state index in [-0.39, 0.29) is 11.8 Å². The summed E-state index contributed by atoms with van der Waals surface area (Å²) in [6.07, 6.45) is 3.74. The topological polar surface area (TPSA) is 67.4 Å². The highest BCUT2D eigenvalue weighted by atomic mass is 16.5. The molecule has 0 fully saturated rings. The van der Waals surface area contributed by atoms with Crippen molar-refractivity contribution in [2.75, 3.05) is 17.2 Å². The van der Waals surface area contributed by atoms with E-state index in [1.807, 2.05) is 31.2 Å². The number of aryl methyl sites for hydroxylation is 1. The molecule has 0 spiro atoms. The van der Waals surface area contributed by atoms with Gasteiger partial charge in [-0.2, -0.15) is 0 Å². The van der Waals surface area contributed by atoms with Gasteiger partial charge in [0.25, 0.3) is 5.91 Å². The van der Waals surface area contributed by atoms with Crippen LogP contribution < -0.4 is 15.4 Å². The van der Waals surface area contributed by atoms with Crippen molar-refractivity contribution in [3.05, 3.63) is 53.6 Å². The normalized spacial score (nSPS) is 10.3. The predicted octanol–water partition coefficient (Wildman–Crippen LogP) is 5.16. The van der Waals surface area contributed by atoms with Gasteiger partial charge in [-0.3, -0.25) is 9.59 Å². The fourth-order valence-corrected chi connectivity index (χ4v) is 2.52. The second-order valence-electron chi connectivity index (χ2n) is 6.47. The summed E-state index contributed by atoms with van der Waals surface area (Å²) in [5.74, 6) is 0.503. The van der Waals surface area contributed by atoms with Gasteiger partial charge in [0.1, 0.15) is 5.75 Å². The second kappa shape index (κ2) is 10.4. The number of benzene rings is 2. The molecule has 2 aromatic carbocycles. The molecule has 0 saturated heterocycles. The fourth-order valence-electron chi connectivity index (χ4n) is 2.52. The summed E-state index contributed by atoms with van der Waals surface area (Å²) < 4.78 is 5.67. The van der Waals surface area contributed by atoms with E-state index in [9.17, 15) is 9.59 Å². The van der Waals surface area contributed by atoms with Crippen molar-refractivity contribution in [3.63, 3.8) is 0 Å². The van der Waals surface area contributed by atoms with Crippen LogP contribution in [0.25, 0.3) is 0 Å². The number of unbranched alkanes of at least 4 members (excludes halogenated alkanes) is 2. The van der Waals surface area contributed by atoms with Gasteiger partial charge in [0, 0.05) is 23.4 Å². The number of carbonyl (C=O) groups is 2. The lowest BCUT2D eigenvalue weighted by Gasteiger charge is -2.12. The summed E-state index contributed by atoms with van der Waals surface area (Å²) in [6, 6.07) is 12.6. The minimum atomic E-state index is -0.199. The van der Waals surface area contributed by atoms with Crippen LogP contribution in [0.4, 0.5) is 11.4 Å². The number of carbonyl (C=O) groups excluding carboxylic acids is 2. The molecule has 0 heterocycles. The molecule has 5 nitrogen and oxygen atoms in total. The van der Waals surface area contributed by atoms with Crippen molar-refractivity contribution in [3.8, 4) is 5.75 Å². The zero-order valence-electron chi connectivity index (χ0n) is 16.3. The number of rotatable bonds is 9. The molecular formula is C22H28N2O3. The molecule has 144 valence electrons. The average molecular weight is 368 g/mol. The summed E-state index contributed by atoms with van der Waals surface area (Å²) in [5.41, 5.74) is 2.82. The van der Waals surface area contributed by atoms with Gasteiger partial charge in [0.15, 0.2) is 0 Å². The van der Waals surface area contributed by atoms with E-state index in [4.69, 9.17) is 4.74 Å². The van der Waals surface area contributed by atoms with Crippen LogP contribution >= 0.6 is 0 Å². The molecule has 0 aliphatic carbocycles. The number of amides is 2. The first kappa shape index (κ1) is 20.5. The average Bonchev–Trinajstić information content (AvgIpc) is 2.68. The Balaban J connectivity index is 2.00. The second-order valence-corrected chi connectivity index (χ2v) is 6.47. The smallest absolute Gasteiger partial charge is 0.255 e. The van der Waals surface area contributed by atoms with Gasteiger partial charge in [-0.15, -0.1) is 0 Å². The molecule has 0 aliphatic heterocycles. The number of nitrogens with one attached hydrogen (secondary N) is 2. The first-order valence-corrected chi connectivity index (χ1v) is 9.48. The van der Waals surface area contributed by atoms with Crippen LogP contribution in [-0.4, -0.2) is 18.4 Å². The zero-order chi connectivity index (χ0) is 19.6. The molecule has 2 rings (SSSR count). The standard InChI is InChI=1S/C22H28N2O3/c1-4-6-7-14-27-19-12-9-17(10-13-19)22(26)24-20-15-18(11-8-16(20)3)23-21(25)5-2/h8-13,15H,4-7,14H2,1-3H3,(H,23,25)(H,24,26). The van der Waals surface area contributed by atoms with E-state index in [1.54, 1.807) is 25.1 Å². The number of anilines is 2. The maximum Gasteiger partial charge on any atom is 0.255 e. The molecule has 2 N–H and O–H groups in total. The van der Waals surface area contributed by atoms with Gasteiger partial charge >= 0.3 is 0 Å². The van der Waals surface area contributed by atoms with Crippen molar-refractivity contribution < 1.29 is 14.3 Å². The van der Waals surface area contributed by atoms with Crippen LogP contribution in [-0.2, 0) is 4.79 Å². The molecular weight excluding hydrogens is 340 g/mol. The van der Waals surface area contributed by atoms with Crippen molar-refractivity contribution in [1.82, 2.24) is 0 Å². The number of hydrogen-bond acceptors (Lipinski definition) is 3.